The Bertz CT molecular complexity index is 1140. The topological polar surface area (TPSA) is 127 Å². The van der Waals surface area contributed by atoms with Crippen molar-refractivity contribution in [3.05, 3.63) is 62.3 Å². The van der Waals surface area contributed by atoms with Crippen molar-refractivity contribution in [2.75, 3.05) is 6.61 Å². The Morgan fingerprint density at radius 3 is 2.83 bits per heavy atom. The second-order valence-corrected chi connectivity index (χ2v) is 6.38. The lowest BCUT2D eigenvalue weighted by atomic mass is 10.2. The molecular weight excluding hydrogens is 398 g/mol. The molecule has 0 spiro atoms. The summed E-state index contributed by atoms with van der Waals surface area (Å²) in [4.78, 5) is 26.8. The summed E-state index contributed by atoms with van der Waals surface area (Å²) in [6.07, 6.45) is 1.45. The van der Waals surface area contributed by atoms with E-state index < -0.39 is 11.5 Å². The highest BCUT2D eigenvalue weighted by atomic mass is 35.5. The maximum Gasteiger partial charge on any atom is 0.290 e. The van der Waals surface area contributed by atoms with Gasteiger partial charge in [0.15, 0.2) is 0 Å². The first kappa shape index (κ1) is 20.2. The van der Waals surface area contributed by atoms with Crippen molar-refractivity contribution in [1.82, 2.24) is 30.4 Å². The number of ether oxygens (including phenoxy) is 1. The predicted molar refractivity (Wildman–Crippen MR) is 107 cm³/mol. The normalized spacial score (nSPS) is 11.0. The number of halogens is 1. The Hall–Kier alpha value is -3.53. The summed E-state index contributed by atoms with van der Waals surface area (Å²) in [5, 5.41) is 16.2. The molecule has 0 saturated heterocycles. The molecule has 3 aromatic rings. The molecule has 0 fully saturated rings. The number of aryl methyl sites for hydroxylation is 2. The number of hydrogen-bond donors (Lipinski definition) is 2. The maximum absolute atomic E-state index is 12.5. The molecule has 1 amide bonds. The van der Waals surface area contributed by atoms with Crippen LogP contribution in [0.4, 0.5) is 0 Å². The van der Waals surface area contributed by atoms with Gasteiger partial charge in [0.05, 0.1) is 23.5 Å². The van der Waals surface area contributed by atoms with Crippen molar-refractivity contribution in [2.45, 2.75) is 20.8 Å². The molecule has 0 unspecified atom stereocenters. The average molecular weight is 416 g/mol. The number of carbonyl (C=O) groups excluding carboxylic acids is 1. The predicted octanol–water partition coefficient (Wildman–Crippen LogP) is 1.78. The zero-order chi connectivity index (χ0) is 21.0. The van der Waals surface area contributed by atoms with Gasteiger partial charge in [-0.3, -0.25) is 14.6 Å². The summed E-state index contributed by atoms with van der Waals surface area (Å²) in [6.45, 7) is 5.61. The zero-order valence-corrected chi connectivity index (χ0v) is 16.7. The van der Waals surface area contributed by atoms with Crippen molar-refractivity contribution >= 4 is 23.7 Å². The molecule has 2 aromatic heterocycles. The SMILES string of the molecule is CCOc1ccc(/C=N\NC(=O)c2cc(C)nn2-c2nnc(C)c(=O)[nH]2)cc1Cl. The van der Waals surface area contributed by atoms with E-state index in [4.69, 9.17) is 16.3 Å². The number of benzene rings is 1. The zero-order valence-electron chi connectivity index (χ0n) is 15.9. The van der Waals surface area contributed by atoms with Gasteiger partial charge >= 0.3 is 0 Å². The van der Waals surface area contributed by atoms with E-state index in [9.17, 15) is 9.59 Å². The van der Waals surface area contributed by atoms with Crippen LogP contribution in [-0.2, 0) is 0 Å². The van der Waals surface area contributed by atoms with Gasteiger partial charge in [-0.1, -0.05) is 11.6 Å². The minimum atomic E-state index is -0.540. The summed E-state index contributed by atoms with van der Waals surface area (Å²) in [6, 6.07) is 6.69. The fourth-order valence-corrected chi connectivity index (χ4v) is 2.64. The highest BCUT2D eigenvalue weighted by Crippen LogP contribution is 2.24. The highest BCUT2D eigenvalue weighted by molar-refractivity contribution is 6.32. The Morgan fingerprint density at radius 2 is 2.14 bits per heavy atom. The van der Waals surface area contributed by atoms with Gasteiger partial charge in [-0.05, 0) is 50.6 Å². The third-order valence-electron chi connectivity index (χ3n) is 3.75. The lowest BCUT2D eigenvalue weighted by Crippen LogP contribution is -2.24. The summed E-state index contributed by atoms with van der Waals surface area (Å²) in [5.74, 6) is 0.0613. The maximum atomic E-state index is 12.5. The van der Waals surface area contributed by atoms with E-state index in [2.05, 4.69) is 30.8 Å². The van der Waals surface area contributed by atoms with Crippen LogP contribution in [0.15, 0.2) is 34.2 Å². The molecule has 10 nitrogen and oxygen atoms in total. The molecule has 2 heterocycles. The second-order valence-electron chi connectivity index (χ2n) is 5.97. The third-order valence-corrected chi connectivity index (χ3v) is 4.04. The van der Waals surface area contributed by atoms with Crippen LogP contribution in [0.1, 0.15) is 34.4 Å². The van der Waals surface area contributed by atoms with Crippen LogP contribution in [0.3, 0.4) is 0 Å². The molecule has 3 rings (SSSR count). The van der Waals surface area contributed by atoms with Gasteiger partial charge in [-0.25, -0.2) is 5.43 Å². The summed E-state index contributed by atoms with van der Waals surface area (Å²) in [7, 11) is 0. The number of hydrogen-bond acceptors (Lipinski definition) is 7. The van der Waals surface area contributed by atoms with Crippen molar-refractivity contribution in [3.8, 4) is 11.7 Å². The molecule has 29 heavy (non-hydrogen) atoms. The molecule has 1 aromatic carbocycles. The van der Waals surface area contributed by atoms with Crippen LogP contribution < -0.4 is 15.7 Å². The smallest absolute Gasteiger partial charge is 0.290 e. The number of nitrogens with one attached hydrogen (secondary N) is 2. The molecule has 2 N–H and O–H groups in total. The number of aromatic amines is 1. The second kappa shape index (κ2) is 8.65. The number of hydrazone groups is 1. The minimum Gasteiger partial charge on any atom is -0.492 e. The van der Waals surface area contributed by atoms with Crippen LogP contribution >= 0.6 is 11.6 Å². The molecule has 0 aliphatic heterocycles. The largest absolute Gasteiger partial charge is 0.492 e. The van der Waals surface area contributed by atoms with Gasteiger partial charge in [0.25, 0.3) is 17.4 Å². The number of aromatic nitrogens is 5. The van der Waals surface area contributed by atoms with Gasteiger partial charge in [0.1, 0.15) is 17.1 Å². The number of amides is 1. The van der Waals surface area contributed by atoms with E-state index in [1.807, 2.05) is 6.92 Å². The Kier molecular flexibility index (Phi) is 6.03. The van der Waals surface area contributed by atoms with Crippen LogP contribution in [0.5, 0.6) is 5.75 Å². The first-order valence-corrected chi connectivity index (χ1v) is 9.03. The Morgan fingerprint density at radius 1 is 1.34 bits per heavy atom. The van der Waals surface area contributed by atoms with E-state index in [-0.39, 0.29) is 17.3 Å². The first-order chi connectivity index (χ1) is 13.9. The van der Waals surface area contributed by atoms with E-state index in [0.717, 1.165) is 0 Å². The van der Waals surface area contributed by atoms with Gasteiger partial charge < -0.3 is 4.74 Å². The Balaban J connectivity index is 1.78. The number of H-pyrrole nitrogens is 1. The van der Waals surface area contributed by atoms with Crippen molar-refractivity contribution in [2.24, 2.45) is 5.10 Å². The van der Waals surface area contributed by atoms with E-state index in [1.165, 1.54) is 17.8 Å². The average Bonchev–Trinajstić information content (AvgIpc) is 3.08. The fourth-order valence-electron chi connectivity index (χ4n) is 2.40. The molecule has 0 bridgehead atoms. The monoisotopic (exact) mass is 415 g/mol. The lowest BCUT2D eigenvalue weighted by molar-refractivity contribution is 0.0947. The number of nitrogens with zero attached hydrogens (tertiary/aromatic N) is 5. The van der Waals surface area contributed by atoms with E-state index in [1.54, 1.807) is 31.2 Å². The quantitative estimate of drug-likeness (QED) is 0.466. The van der Waals surface area contributed by atoms with Crippen molar-refractivity contribution in [3.63, 3.8) is 0 Å². The van der Waals surface area contributed by atoms with E-state index >= 15 is 0 Å². The van der Waals surface area contributed by atoms with Crippen LogP contribution in [-0.4, -0.2) is 43.7 Å². The summed E-state index contributed by atoms with van der Waals surface area (Å²) < 4.78 is 6.57. The molecular formula is C18H18ClN7O3. The van der Waals surface area contributed by atoms with Gasteiger partial charge in [-0.15, -0.1) is 10.2 Å². The fraction of sp³-hybridized carbons (Fsp3) is 0.222. The van der Waals surface area contributed by atoms with E-state index in [0.29, 0.717) is 28.6 Å². The summed E-state index contributed by atoms with van der Waals surface area (Å²) >= 11 is 6.13. The molecule has 0 aliphatic carbocycles. The first-order valence-electron chi connectivity index (χ1n) is 8.65. The van der Waals surface area contributed by atoms with Crippen molar-refractivity contribution < 1.29 is 9.53 Å². The number of carbonyl (C=O) groups is 1. The molecule has 0 atom stereocenters. The van der Waals surface area contributed by atoms with Gasteiger partial charge in [-0.2, -0.15) is 14.9 Å². The summed E-state index contributed by atoms with van der Waals surface area (Å²) in [5.41, 5.74) is 3.58. The number of rotatable bonds is 6. The van der Waals surface area contributed by atoms with Crippen LogP contribution in [0, 0.1) is 13.8 Å². The molecule has 150 valence electrons. The van der Waals surface area contributed by atoms with Gasteiger partial charge in [0, 0.05) is 0 Å². The Labute approximate surface area is 170 Å². The molecule has 0 aliphatic rings. The minimum absolute atomic E-state index is 0.0288. The molecule has 11 heteroatoms. The van der Waals surface area contributed by atoms with Crippen molar-refractivity contribution in [1.29, 1.82) is 0 Å². The lowest BCUT2D eigenvalue weighted by Gasteiger charge is -2.06. The van der Waals surface area contributed by atoms with Crippen LogP contribution in [0.25, 0.3) is 5.95 Å². The third kappa shape index (κ3) is 4.66. The molecule has 0 radical (unpaired) electrons. The van der Waals surface area contributed by atoms with Gasteiger partial charge in [0.2, 0.25) is 0 Å². The standard InChI is InChI=1S/C18H18ClN7O3/c1-4-29-15-6-5-12(8-13(15)19)9-20-23-17(28)14-7-10(2)25-26(14)18-21-16(27)11(3)22-24-18/h5-9H,4H2,1-3H3,(H,23,28)(H,21,24,27)/b20-9-. The highest BCUT2D eigenvalue weighted by Gasteiger charge is 2.17. The van der Waals surface area contributed by atoms with Crippen LogP contribution in [0.2, 0.25) is 5.02 Å². The molecule has 0 saturated carbocycles.